The first-order chi connectivity index (χ1) is 9.34. The van der Waals surface area contributed by atoms with Gasteiger partial charge in [0.2, 0.25) is 5.91 Å². The molecule has 2 fully saturated rings. The number of carbonyl (C=O) groups is 1. The summed E-state index contributed by atoms with van der Waals surface area (Å²) in [6.45, 7) is 3.06. The van der Waals surface area contributed by atoms with Crippen LogP contribution in [0.3, 0.4) is 0 Å². The van der Waals surface area contributed by atoms with Crippen LogP contribution < -0.4 is 5.32 Å². The van der Waals surface area contributed by atoms with Gasteiger partial charge in [-0.1, -0.05) is 30.3 Å². The Balaban J connectivity index is 1.47. The first-order valence-electron chi connectivity index (χ1n) is 7.39. The highest BCUT2D eigenvalue weighted by atomic mass is 16.2. The predicted molar refractivity (Wildman–Crippen MR) is 75.9 cm³/mol. The van der Waals surface area contributed by atoms with Crippen LogP contribution in [0, 0.1) is 5.92 Å². The molecule has 3 heteroatoms. The lowest BCUT2D eigenvalue weighted by Crippen LogP contribution is -2.38. The van der Waals surface area contributed by atoms with Crippen molar-refractivity contribution in [3.05, 3.63) is 35.9 Å². The lowest BCUT2D eigenvalue weighted by Gasteiger charge is -2.23. The molecular weight excluding hydrogens is 236 g/mol. The molecule has 1 aromatic carbocycles. The zero-order chi connectivity index (χ0) is 13.1. The number of rotatable bonds is 4. The molecule has 2 aliphatic heterocycles. The van der Waals surface area contributed by atoms with Gasteiger partial charge in [-0.15, -0.1) is 0 Å². The number of nitrogens with zero attached hydrogens (tertiary/aromatic N) is 1. The molecule has 102 valence electrons. The SMILES string of the molecule is O=C(CCCc1ccccc1)N1CC[C@H]2CNC[C@H]21. The van der Waals surface area contributed by atoms with Crippen LogP contribution >= 0.6 is 0 Å². The van der Waals surface area contributed by atoms with Gasteiger partial charge in [0.1, 0.15) is 0 Å². The van der Waals surface area contributed by atoms with Crippen LogP contribution in [0.15, 0.2) is 30.3 Å². The molecular formula is C16H22N2O. The van der Waals surface area contributed by atoms with E-state index in [9.17, 15) is 4.79 Å². The Kier molecular flexibility index (Phi) is 3.83. The third kappa shape index (κ3) is 2.81. The van der Waals surface area contributed by atoms with Crippen molar-refractivity contribution in [1.82, 2.24) is 10.2 Å². The summed E-state index contributed by atoms with van der Waals surface area (Å²) in [6.07, 6.45) is 3.84. The number of likely N-dealkylation sites (tertiary alicyclic amines) is 1. The second-order valence-corrected chi connectivity index (χ2v) is 5.70. The van der Waals surface area contributed by atoms with E-state index < -0.39 is 0 Å². The normalized spacial score (nSPS) is 25.6. The molecule has 19 heavy (non-hydrogen) atoms. The number of hydrogen-bond donors (Lipinski definition) is 1. The highest BCUT2D eigenvalue weighted by molar-refractivity contribution is 5.77. The maximum absolute atomic E-state index is 12.3. The highest BCUT2D eigenvalue weighted by Gasteiger charge is 2.39. The van der Waals surface area contributed by atoms with Crippen molar-refractivity contribution in [2.45, 2.75) is 31.7 Å². The third-order valence-corrected chi connectivity index (χ3v) is 4.46. The van der Waals surface area contributed by atoms with E-state index in [1.165, 1.54) is 12.0 Å². The molecule has 0 radical (unpaired) electrons. The summed E-state index contributed by atoms with van der Waals surface area (Å²) in [5.41, 5.74) is 1.33. The number of hydrogen-bond acceptors (Lipinski definition) is 2. The maximum Gasteiger partial charge on any atom is 0.222 e. The Morgan fingerprint density at radius 3 is 2.95 bits per heavy atom. The van der Waals surface area contributed by atoms with Crippen LogP contribution in [-0.4, -0.2) is 36.5 Å². The largest absolute Gasteiger partial charge is 0.338 e. The second kappa shape index (κ2) is 5.74. The van der Waals surface area contributed by atoms with Gasteiger partial charge >= 0.3 is 0 Å². The molecule has 0 spiro atoms. The van der Waals surface area contributed by atoms with Crippen molar-refractivity contribution in [3.63, 3.8) is 0 Å². The summed E-state index contributed by atoms with van der Waals surface area (Å²) >= 11 is 0. The van der Waals surface area contributed by atoms with E-state index in [1.54, 1.807) is 0 Å². The van der Waals surface area contributed by atoms with Crippen LogP contribution in [-0.2, 0) is 11.2 Å². The average Bonchev–Trinajstić information content (AvgIpc) is 3.02. The van der Waals surface area contributed by atoms with E-state index in [0.29, 0.717) is 24.3 Å². The summed E-state index contributed by atoms with van der Waals surface area (Å²) in [6, 6.07) is 10.9. The second-order valence-electron chi connectivity index (χ2n) is 5.70. The van der Waals surface area contributed by atoms with Crippen LogP contribution in [0.4, 0.5) is 0 Å². The highest BCUT2D eigenvalue weighted by Crippen LogP contribution is 2.27. The predicted octanol–water partition coefficient (Wildman–Crippen LogP) is 1.83. The van der Waals surface area contributed by atoms with Crippen molar-refractivity contribution in [2.75, 3.05) is 19.6 Å². The number of aryl methyl sites for hydroxylation is 1. The van der Waals surface area contributed by atoms with Crippen molar-refractivity contribution in [1.29, 1.82) is 0 Å². The van der Waals surface area contributed by atoms with Crippen molar-refractivity contribution in [3.8, 4) is 0 Å². The quantitative estimate of drug-likeness (QED) is 0.893. The van der Waals surface area contributed by atoms with Crippen molar-refractivity contribution in [2.24, 2.45) is 5.92 Å². The van der Waals surface area contributed by atoms with Crippen LogP contribution in [0.25, 0.3) is 0 Å². The topological polar surface area (TPSA) is 32.3 Å². The minimum atomic E-state index is 0.354. The Morgan fingerprint density at radius 2 is 2.11 bits per heavy atom. The zero-order valence-corrected chi connectivity index (χ0v) is 11.3. The van der Waals surface area contributed by atoms with Gasteiger partial charge in [-0.25, -0.2) is 0 Å². The van der Waals surface area contributed by atoms with Crippen molar-refractivity contribution >= 4 is 5.91 Å². The van der Waals surface area contributed by atoms with Gasteiger partial charge in [0, 0.05) is 32.1 Å². The fraction of sp³-hybridized carbons (Fsp3) is 0.562. The van der Waals surface area contributed by atoms with Crippen LogP contribution in [0.1, 0.15) is 24.8 Å². The Morgan fingerprint density at radius 1 is 1.26 bits per heavy atom. The summed E-state index contributed by atoms with van der Waals surface area (Å²) in [4.78, 5) is 14.4. The Labute approximate surface area is 115 Å². The number of benzene rings is 1. The number of fused-ring (bicyclic) bond motifs is 1. The molecule has 0 saturated carbocycles. The van der Waals surface area contributed by atoms with Crippen LogP contribution in [0.5, 0.6) is 0 Å². The third-order valence-electron chi connectivity index (χ3n) is 4.46. The zero-order valence-electron chi connectivity index (χ0n) is 11.3. The molecule has 1 amide bonds. The number of nitrogens with one attached hydrogen (secondary N) is 1. The van der Waals surface area contributed by atoms with E-state index in [-0.39, 0.29) is 0 Å². The summed E-state index contributed by atoms with van der Waals surface area (Å²) in [7, 11) is 0. The average molecular weight is 258 g/mol. The molecule has 2 saturated heterocycles. The van der Waals surface area contributed by atoms with Gasteiger partial charge in [0.25, 0.3) is 0 Å². The van der Waals surface area contributed by atoms with Gasteiger partial charge in [0.15, 0.2) is 0 Å². The van der Waals surface area contributed by atoms with Gasteiger partial charge < -0.3 is 10.2 Å². The minimum absolute atomic E-state index is 0.354. The van der Waals surface area contributed by atoms with Gasteiger partial charge in [-0.05, 0) is 30.7 Å². The van der Waals surface area contributed by atoms with E-state index in [2.05, 4.69) is 34.5 Å². The molecule has 0 aromatic heterocycles. The molecule has 2 heterocycles. The summed E-state index contributed by atoms with van der Waals surface area (Å²) in [5.74, 6) is 1.06. The smallest absolute Gasteiger partial charge is 0.222 e. The van der Waals surface area contributed by atoms with E-state index in [0.717, 1.165) is 32.5 Å². The Bertz CT molecular complexity index is 432. The summed E-state index contributed by atoms with van der Waals surface area (Å²) in [5, 5.41) is 3.40. The molecule has 3 rings (SSSR count). The molecule has 1 N–H and O–H groups in total. The summed E-state index contributed by atoms with van der Waals surface area (Å²) < 4.78 is 0. The van der Waals surface area contributed by atoms with E-state index >= 15 is 0 Å². The standard InChI is InChI=1S/C16H22N2O/c19-16(8-4-7-13-5-2-1-3-6-13)18-10-9-14-11-17-12-15(14)18/h1-3,5-6,14-15,17H,4,7-12H2/t14-,15+/m0/s1. The van der Waals surface area contributed by atoms with E-state index in [4.69, 9.17) is 0 Å². The first kappa shape index (κ1) is 12.7. The van der Waals surface area contributed by atoms with Gasteiger partial charge in [-0.2, -0.15) is 0 Å². The monoisotopic (exact) mass is 258 g/mol. The van der Waals surface area contributed by atoms with E-state index in [1.807, 2.05) is 6.07 Å². The van der Waals surface area contributed by atoms with Crippen molar-refractivity contribution < 1.29 is 4.79 Å². The lowest BCUT2D eigenvalue weighted by molar-refractivity contribution is -0.132. The lowest BCUT2D eigenvalue weighted by atomic mass is 10.0. The number of carbonyl (C=O) groups excluding carboxylic acids is 1. The molecule has 1 aromatic rings. The fourth-order valence-corrected chi connectivity index (χ4v) is 3.39. The van der Waals surface area contributed by atoms with Gasteiger partial charge in [0.05, 0.1) is 0 Å². The molecule has 0 aliphatic carbocycles. The Hall–Kier alpha value is -1.35. The fourth-order valence-electron chi connectivity index (χ4n) is 3.39. The van der Waals surface area contributed by atoms with Gasteiger partial charge in [-0.3, -0.25) is 4.79 Å². The molecule has 0 unspecified atom stereocenters. The molecule has 0 bridgehead atoms. The minimum Gasteiger partial charge on any atom is -0.338 e. The van der Waals surface area contributed by atoms with Crippen LogP contribution in [0.2, 0.25) is 0 Å². The molecule has 3 nitrogen and oxygen atoms in total. The first-order valence-corrected chi connectivity index (χ1v) is 7.39. The number of amides is 1. The molecule has 2 aliphatic rings. The molecule has 2 atom stereocenters. The maximum atomic E-state index is 12.3.